The van der Waals surface area contributed by atoms with Crippen molar-refractivity contribution in [3.63, 3.8) is 0 Å². The lowest BCUT2D eigenvalue weighted by atomic mass is 10.1. The molecule has 0 aliphatic carbocycles. The summed E-state index contributed by atoms with van der Waals surface area (Å²) in [7, 11) is 0. The van der Waals surface area contributed by atoms with Crippen LogP contribution in [0.5, 0.6) is 0 Å². The van der Waals surface area contributed by atoms with Gasteiger partial charge in [-0.3, -0.25) is 0 Å². The van der Waals surface area contributed by atoms with Gasteiger partial charge in [-0.1, -0.05) is 30.3 Å². The Morgan fingerprint density at radius 3 is 2.38 bits per heavy atom. The number of hydrogen-bond donors (Lipinski definition) is 0. The van der Waals surface area contributed by atoms with E-state index in [1.165, 1.54) is 0 Å². The van der Waals surface area contributed by atoms with E-state index in [1.807, 2.05) is 30.3 Å². The highest BCUT2D eigenvalue weighted by Crippen LogP contribution is 2.28. The fourth-order valence-corrected chi connectivity index (χ4v) is 1.32. The van der Waals surface area contributed by atoms with Crippen molar-refractivity contribution in [1.82, 2.24) is 4.98 Å². The molecule has 0 radical (unpaired) electrons. The normalized spacial score (nSPS) is 11.7. The highest BCUT2D eigenvalue weighted by atomic mass is 19.4. The van der Waals surface area contributed by atoms with Crippen molar-refractivity contribution in [2.45, 2.75) is 12.6 Å². The van der Waals surface area contributed by atoms with Crippen LogP contribution in [-0.2, 0) is 12.6 Å². The van der Waals surface area contributed by atoms with Gasteiger partial charge >= 0.3 is 12.1 Å². The molecule has 0 saturated carbocycles. The monoisotopic (exact) mass is 227 g/mol. The number of oxazole rings is 1. The topological polar surface area (TPSA) is 26.0 Å². The van der Waals surface area contributed by atoms with Gasteiger partial charge in [0.05, 0.1) is 6.20 Å². The maximum Gasteiger partial charge on any atom is 0.468 e. The molecule has 0 unspecified atom stereocenters. The first kappa shape index (κ1) is 10.7. The van der Waals surface area contributed by atoms with Crippen LogP contribution in [0.2, 0.25) is 0 Å². The van der Waals surface area contributed by atoms with Gasteiger partial charge in [0.15, 0.2) is 0 Å². The lowest BCUT2D eigenvalue weighted by Crippen LogP contribution is -2.04. The Bertz CT molecular complexity index is 462. The van der Waals surface area contributed by atoms with Crippen molar-refractivity contribution < 1.29 is 17.6 Å². The van der Waals surface area contributed by atoms with E-state index in [0.29, 0.717) is 6.42 Å². The minimum atomic E-state index is -4.52. The second kappa shape index (κ2) is 4.00. The number of hydrogen-bond acceptors (Lipinski definition) is 2. The number of halogens is 3. The van der Waals surface area contributed by atoms with E-state index < -0.39 is 12.1 Å². The Hall–Kier alpha value is -1.78. The number of rotatable bonds is 2. The fraction of sp³-hybridized carbons (Fsp3) is 0.182. The summed E-state index contributed by atoms with van der Waals surface area (Å²) in [6.45, 7) is 0. The van der Waals surface area contributed by atoms with Crippen LogP contribution < -0.4 is 0 Å². The van der Waals surface area contributed by atoms with Crippen molar-refractivity contribution in [1.29, 1.82) is 0 Å². The van der Waals surface area contributed by atoms with Gasteiger partial charge in [-0.05, 0) is 5.56 Å². The summed E-state index contributed by atoms with van der Waals surface area (Å²) in [5.41, 5.74) is 0.882. The number of alkyl halides is 3. The van der Waals surface area contributed by atoms with Crippen LogP contribution in [0.1, 0.15) is 17.2 Å². The molecule has 16 heavy (non-hydrogen) atoms. The second-order valence-electron chi connectivity index (χ2n) is 3.29. The first-order chi connectivity index (χ1) is 7.55. The molecule has 1 heterocycles. The zero-order chi connectivity index (χ0) is 11.6. The predicted molar refractivity (Wildman–Crippen MR) is 50.8 cm³/mol. The van der Waals surface area contributed by atoms with Crippen LogP contribution in [0, 0.1) is 0 Å². The zero-order valence-electron chi connectivity index (χ0n) is 8.16. The zero-order valence-corrected chi connectivity index (χ0v) is 8.16. The van der Waals surface area contributed by atoms with E-state index in [1.54, 1.807) is 0 Å². The molecule has 0 bridgehead atoms. The Morgan fingerprint density at radius 2 is 1.81 bits per heavy atom. The van der Waals surface area contributed by atoms with Gasteiger partial charge in [-0.25, -0.2) is 4.98 Å². The molecule has 5 heteroatoms. The van der Waals surface area contributed by atoms with Crippen LogP contribution in [0.15, 0.2) is 40.9 Å². The lowest BCUT2D eigenvalue weighted by molar-refractivity contribution is -0.157. The van der Waals surface area contributed by atoms with Crippen LogP contribution in [0.25, 0.3) is 0 Å². The Kier molecular flexibility index (Phi) is 2.68. The Balaban J connectivity index is 2.15. The molecule has 1 aromatic heterocycles. The van der Waals surface area contributed by atoms with Crippen LogP contribution in [-0.4, -0.2) is 4.98 Å². The summed E-state index contributed by atoms with van der Waals surface area (Å²) in [6.07, 6.45) is -3.10. The Morgan fingerprint density at radius 1 is 1.12 bits per heavy atom. The van der Waals surface area contributed by atoms with Gasteiger partial charge in [0.25, 0.3) is 0 Å². The van der Waals surface area contributed by atoms with Crippen molar-refractivity contribution in [2.24, 2.45) is 0 Å². The maximum atomic E-state index is 12.2. The van der Waals surface area contributed by atoms with Crippen LogP contribution >= 0.6 is 0 Å². The molecule has 0 amide bonds. The van der Waals surface area contributed by atoms with Crippen LogP contribution in [0.3, 0.4) is 0 Å². The third-order valence-electron chi connectivity index (χ3n) is 2.02. The van der Waals surface area contributed by atoms with E-state index in [4.69, 9.17) is 0 Å². The van der Waals surface area contributed by atoms with Gasteiger partial charge in [-0.15, -0.1) is 0 Å². The van der Waals surface area contributed by atoms with Crippen molar-refractivity contribution in [2.75, 3.05) is 0 Å². The van der Waals surface area contributed by atoms with E-state index in [2.05, 4.69) is 9.40 Å². The van der Waals surface area contributed by atoms with Gasteiger partial charge in [0, 0.05) is 6.42 Å². The maximum absolute atomic E-state index is 12.2. The summed E-state index contributed by atoms with van der Waals surface area (Å²) >= 11 is 0. The molecule has 2 nitrogen and oxygen atoms in total. The highest BCUT2D eigenvalue weighted by molar-refractivity contribution is 5.19. The fourth-order valence-electron chi connectivity index (χ4n) is 1.32. The molecule has 0 atom stereocenters. The largest absolute Gasteiger partial charge is 0.468 e. The van der Waals surface area contributed by atoms with E-state index >= 15 is 0 Å². The smallest absolute Gasteiger partial charge is 0.438 e. The molecule has 0 N–H and O–H groups in total. The van der Waals surface area contributed by atoms with Crippen molar-refractivity contribution in [3.05, 3.63) is 53.7 Å². The number of benzene rings is 1. The minimum Gasteiger partial charge on any atom is -0.438 e. The number of nitrogens with zero attached hydrogens (tertiary/aromatic N) is 1. The standard InChI is InChI=1S/C11H8F3NO/c12-11(13,14)10-15-7-9(16-10)6-8-4-2-1-3-5-8/h1-5,7H,6H2. The van der Waals surface area contributed by atoms with Crippen molar-refractivity contribution >= 4 is 0 Å². The first-order valence-corrected chi connectivity index (χ1v) is 4.61. The summed E-state index contributed by atoms with van der Waals surface area (Å²) in [4.78, 5) is 3.19. The first-order valence-electron chi connectivity index (χ1n) is 4.61. The number of aromatic nitrogens is 1. The Labute approximate surface area is 89.7 Å². The van der Waals surface area contributed by atoms with Gasteiger partial charge in [0.1, 0.15) is 5.76 Å². The molecule has 0 aliphatic heterocycles. The van der Waals surface area contributed by atoms with E-state index in [9.17, 15) is 13.2 Å². The van der Waals surface area contributed by atoms with E-state index in [-0.39, 0.29) is 5.76 Å². The SMILES string of the molecule is FC(F)(F)c1ncc(Cc2ccccc2)o1. The van der Waals surface area contributed by atoms with Gasteiger partial charge in [-0.2, -0.15) is 13.2 Å². The molecule has 2 aromatic rings. The lowest BCUT2D eigenvalue weighted by Gasteiger charge is -1.99. The molecular formula is C11H8F3NO. The average molecular weight is 227 g/mol. The molecule has 84 valence electrons. The molecule has 0 spiro atoms. The third-order valence-corrected chi connectivity index (χ3v) is 2.02. The molecule has 2 rings (SSSR count). The third kappa shape index (κ3) is 2.42. The summed E-state index contributed by atoms with van der Waals surface area (Å²) in [6, 6.07) is 9.10. The highest BCUT2D eigenvalue weighted by Gasteiger charge is 2.37. The molecular weight excluding hydrogens is 219 g/mol. The van der Waals surface area contributed by atoms with Gasteiger partial charge < -0.3 is 4.42 Å². The van der Waals surface area contributed by atoms with Gasteiger partial charge in [0.2, 0.25) is 0 Å². The average Bonchev–Trinajstić information content (AvgIpc) is 2.67. The summed E-state index contributed by atoms with van der Waals surface area (Å²) < 4.78 is 41.2. The predicted octanol–water partition coefficient (Wildman–Crippen LogP) is 3.28. The molecule has 0 aliphatic rings. The summed E-state index contributed by atoms with van der Waals surface area (Å²) in [5.74, 6) is -0.989. The van der Waals surface area contributed by atoms with Crippen LogP contribution in [0.4, 0.5) is 13.2 Å². The van der Waals surface area contributed by atoms with Crippen molar-refractivity contribution in [3.8, 4) is 0 Å². The molecule has 0 saturated heterocycles. The molecule has 0 fully saturated rings. The van der Waals surface area contributed by atoms with E-state index in [0.717, 1.165) is 11.8 Å². The summed E-state index contributed by atoms with van der Waals surface area (Å²) in [5, 5.41) is 0. The minimum absolute atomic E-state index is 0.207. The molecule has 1 aromatic carbocycles. The quantitative estimate of drug-likeness (QED) is 0.786. The second-order valence-corrected chi connectivity index (χ2v) is 3.29.